The first-order valence-electron chi connectivity index (χ1n) is 10.4. The van der Waals surface area contributed by atoms with Crippen molar-refractivity contribution in [2.45, 2.75) is 18.9 Å². The first-order valence-corrected chi connectivity index (χ1v) is 10.8. The highest BCUT2D eigenvalue weighted by Gasteiger charge is 2.22. The van der Waals surface area contributed by atoms with Crippen molar-refractivity contribution in [1.82, 2.24) is 4.90 Å². The van der Waals surface area contributed by atoms with Gasteiger partial charge in [-0.3, -0.25) is 4.99 Å². The number of aliphatic imine (C=N–C) groups is 1. The van der Waals surface area contributed by atoms with Crippen molar-refractivity contribution < 1.29 is 18.6 Å². The molecule has 0 amide bonds. The quantitative estimate of drug-likeness (QED) is 0.557. The Hall–Kier alpha value is -2.35. The van der Waals surface area contributed by atoms with Gasteiger partial charge in [-0.1, -0.05) is 11.6 Å². The average Bonchev–Trinajstić information content (AvgIpc) is 3.25. The molecule has 0 radical (unpaired) electrons. The lowest BCUT2D eigenvalue weighted by Crippen LogP contribution is -2.25. The molecule has 1 atom stereocenters. The van der Waals surface area contributed by atoms with E-state index in [0.717, 1.165) is 49.4 Å². The highest BCUT2D eigenvalue weighted by atomic mass is 35.5. The van der Waals surface area contributed by atoms with Crippen molar-refractivity contribution in [2.24, 2.45) is 4.99 Å². The van der Waals surface area contributed by atoms with Gasteiger partial charge < -0.3 is 24.0 Å². The number of ether oxygens (including phenoxy) is 3. The Kier molecular flexibility index (Phi) is 6.95. The van der Waals surface area contributed by atoms with Crippen LogP contribution in [0.1, 0.15) is 18.4 Å². The van der Waals surface area contributed by atoms with Crippen LogP contribution in [0.15, 0.2) is 35.3 Å². The number of hydrogen-bond donors (Lipinski definition) is 0. The molecule has 2 aromatic carbocycles. The lowest BCUT2D eigenvalue weighted by Gasteiger charge is -2.28. The Bertz CT molecular complexity index is 956. The lowest BCUT2D eigenvalue weighted by atomic mass is 10.1. The van der Waals surface area contributed by atoms with Crippen LogP contribution in [0.4, 0.5) is 15.8 Å². The average molecular weight is 448 g/mol. The number of anilines is 2. The van der Waals surface area contributed by atoms with Crippen molar-refractivity contribution in [3.8, 4) is 11.5 Å². The summed E-state index contributed by atoms with van der Waals surface area (Å²) in [7, 11) is 3.40. The van der Waals surface area contributed by atoms with Crippen molar-refractivity contribution in [3.05, 3.63) is 46.7 Å². The predicted octanol–water partition coefficient (Wildman–Crippen LogP) is 4.51. The van der Waals surface area contributed by atoms with Crippen molar-refractivity contribution in [2.75, 3.05) is 52.0 Å². The molecule has 0 aliphatic carbocycles. The minimum absolute atomic E-state index is 0.0790. The number of nitrogens with zero attached hydrogens (tertiary/aromatic N) is 3. The molecule has 166 valence electrons. The second-order valence-electron chi connectivity index (χ2n) is 7.69. The van der Waals surface area contributed by atoms with Crippen LogP contribution < -0.4 is 14.4 Å². The number of halogens is 2. The van der Waals surface area contributed by atoms with E-state index < -0.39 is 5.82 Å². The van der Waals surface area contributed by atoms with E-state index in [1.165, 1.54) is 6.07 Å². The molecule has 0 N–H and O–H groups in total. The third-order valence-electron chi connectivity index (χ3n) is 5.71. The largest absolute Gasteiger partial charge is 0.493 e. The first kappa shape index (κ1) is 21.9. The van der Waals surface area contributed by atoms with Crippen LogP contribution in [-0.4, -0.2) is 64.3 Å². The third-order valence-corrected chi connectivity index (χ3v) is 6.00. The molecular weight excluding hydrogens is 421 g/mol. The third kappa shape index (κ3) is 4.95. The number of fused-ring (bicyclic) bond motifs is 1. The molecule has 1 fully saturated rings. The maximum atomic E-state index is 13.6. The predicted molar refractivity (Wildman–Crippen MR) is 121 cm³/mol. The van der Waals surface area contributed by atoms with Gasteiger partial charge in [-0.05, 0) is 37.1 Å². The van der Waals surface area contributed by atoms with E-state index in [2.05, 4.69) is 9.89 Å². The Labute approximate surface area is 187 Å². The monoisotopic (exact) mass is 447 g/mol. The molecule has 8 heteroatoms. The van der Waals surface area contributed by atoms with Crippen molar-refractivity contribution >= 4 is 29.2 Å². The summed E-state index contributed by atoms with van der Waals surface area (Å²) in [4.78, 5) is 8.81. The van der Waals surface area contributed by atoms with Gasteiger partial charge in [0.15, 0.2) is 11.5 Å². The molecule has 2 aromatic rings. The molecule has 0 bridgehead atoms. The fourth-order valence-electron chi connectivity index (χ4n) is 4.01. The standard InChI is InChI=1S/C23H27ClFN3O3/c1-29-18-6-8-27(14-18)7-3-9-31-23-10-16-13-26-15-28(21(16)12-22(23)30-2)17-4-5-20(25)19(24)11-17/h4-5,10-13,18H,3,6-9,14-15H2,1-2H3/t18-/m0/s1. The van der Waals surface area contributed by atoms with Crippen LogP contribution in [0.3, 0.4) is 0 Å². The molecule has 31 heavy (non-hydrogen) atoms. The number of likely N-dealkylation sites (tertiary alicyclic amines) is 1. The van der Waals surface area contributed by atoms with E-state index in [0.29, 0.717) is 30.9 Å². The van der Waals surface area contributed by atoms with Gasteiger partial charge in [0.1, 0.15) is 12.5 Å². The van der Waals surface area contributed by atoms with Gasteiger partial charge in [0.05, 0.1) is 30.5 Å². The Morgan fingerprint density at radius 3 is 2.81 bits per heavy atom. The molecule has 4 rings (SSSR count). The second-order valence-corrected chi connectivity index (χ2v) is 8.10. The van der Waals surface area contributed by atoms with E-state index >= 15 is 0 Å². The van der Waals surface area contributed by atoms with Crippen molar-refractivity contribution in [1.29, 1.82) is 0 Å². The van der Waals surface area contributed by atoms with Crippen LogP contribution in [0.2, 0.25) is 5.02 Å². The van der Waals surface area contributed by atoms with E-state index in [1.807, 2.05) is 23.2 Å². The Balaban J connectivity index is 1.45. The van der Waals surface area contributed by atoms with Gasteiger partial charge >= 0.3 is 0 Å². The zero-order chi connectivity index (χ0) is 21.8. The van der Waals surface area contributed by atoms with Gasteiger partial charge in [-0.2, -0.15) is 0 Å². The number of methoxy groups -OCH3 is 2. The van der Waals surface area contributed by atoms with Crippen LogP contribution in [-0.2, 0) is 4.74 Å². The number of rotatable bonds is 8. The molecule has 0 saturated carbocycles. The summed E-state index contributed by atoms with van der Waals surface area (Å²) >= 11 is 5.98. The van der Waals surface area contributed by atoms with E-state index in [9.17, 15) is 4.39 Å². The molecule has 0 spiro atoms. The highest BCUT2D eigenvalue weighted by molar-refractivity contribution is 6.31. The minimum atomic E-state index is -0.445. The summed E-state index contributed by atoms with van der Waals surface area (Å²) in [5.74, 6) is 0.884. The van der Waals surface area contributed by atoms with Crippen LogP contribution in [0.5, 0.6) is 11.5 Å². The second kappa shape index (κ2) is 9.85. The normalized spacial score (nSPS) is 18.3. The summed E-state index contributed by atoms with van der Waals surface area (Å²) < 4.78 is 30.7. The minimum Gasteiger partial charge on any atom is -0.493 e. The first-order chi connectivity index (χ1) is 15.1. The van der Waals surface area contributed by atoms with Crippen LogP contribution in [0.25, 0.3) is 0 Å². The summed E-state index contributed by atoms with van der Waals surface area (Å²) in [6.07, 6.45) is 4.17. The molecule has 6 nitrogen and oxygen atoms in total. The van der Waals surface area contributed by atoms with Gasteiger partial charge in [0.2, 0.25) is 0 Å². The molecule has 0 unspecified atom stereocenters. The Morgan fingerprint density at radius 2 is 2.06 bits per heavy atom. The highest BCUT2D eigenvalue weighted by Crippen LogP contribution is 2.39. The fraction of sp³-hybridized carbons (Fsp3) is 0.435. The maximum Gasteiger partial charge on any atom is 0.162 e. The van der Waals surface area contributed by atoms with E-state index in [-0.39, 0.29) is 5.02 Å². The molecule has 2 aliphatic heterocycles. The van der Waals surface area contributed by atoms with E-state index in [1.54, 1.807) is 26.4 Å². The molecular formula is C23H27ClFN3O3. The SMILES string of the molecule is COc1cc2c(cc1OCCCN1CC[C@H](OC)C1)C=NCN2c1ccc(F)c(Cl)c1. The number of benzene rings is 2. The number of hydrogen-bond acceptors (Lipinski definition) is 6. The summed E-state index contributed by atoms with van der Waals surface area (Å²) in [5, 5.41) is 0.0790. The molecule has 2 aliphatic rings. The van der Waals surface area contributed by atoms with Crippen LogP contribution in [0, 0.1) is 5.82 Å². The van der Waals surface area contributed by atoms with Gasteiger partial charge in [0.25, 0.3) is 0 Å². The summed E-state index contributed by atoms with van der Waals surface area (Å²) in [5.41, 5.74) is 2.58. The maximum absolute atomic E-state index is 13.6. The fourth-order valence-corrected chi connectivity index (χ4v) is 4.18. The smallest absolute Gasteiger partial charge is 0.162 e. The molecule has 1 saturated heterocycles. The topological polar surface area (TPSA) is 46.5 Å². The van der Waals surface area contributed by atoms with Crippen LogP contribution >= 0.6 is 11.6 Å². The molecule has 0 aromatic heterocycles. The van der Waals surface area contributed by atoms with Crippen molar-refractivity contribution in [3.63, 3.8) is 0 Å². The van der Waals surface area contributed by atoms with E-state index in [4.69, 9.17) is 25.8 Å². The lowest BCUT2D eigenvalue weighted by molar-refractivity contribution is 0.107. The van der Waals surface area contributed by atoms with Gasteiger partial charge in [-0.25, -0.2) is 4.39 Å². The van der Waals surface area contributed by atoms with Gasteiger partial charge in [-0.15, -0.1) is 0 Å². The zero-order valence-electron chi connectivity index (χ0n) is 17.8. The molecule has 2 heterocycles. The van der Waals surface area contributed by atoms with Gasteiger partial charge in [0, 0.05) is 50.3 Å². The Morgan fingerprint density at radius 1 is 1.19 bits per heavy atom. The summed E-state index contributed by atoms with van der Waals surface area (Å²) in [6, 6.07) is 8.52. The zero-order valence-corrected chi connectivity index (χ0v) is 18.6. The summed E-state index contributed by atoms with van der Waals surface area (Å²) in [6.45, 7) is 4.04.